The Bertz CT molecular complexity index is 810. The molecule has 1 fully saturated rings. The average Bonchev–Trinajstić information content (AvgIpc) is 2.79. The van der Waals surface area contributed by atoms with E-state index in [0.29, 0.717) is 5.02 Å². The summed E-state index contributed by atoms with van der Waals surface area (Å²) in [4.78, 5) is 48.4. The molecule has 1 aromatic rings. The number of ether oxygens (including phenoxy) is 1. The summed E-state index contributed by atoms with van der Waals surface area (Å²) in [6, 6.07) is 2.72. The quantitative estimate of drug-likeness (QED) is 0.548. The van der Waals surface area contributed by atoms with Crippen molar-refractivity contribution in [3.8, 4) is 0 Å². The number of amides is 4. The number of carbonyl (C=O) groups excluding carboxylic acids is 4. The number of hydrogen-bond acceptors (Lipinski definition) is 5. The van der Waals surface area contributed by atoms with Crippen LogP contribution in [0.4, 0.5) is 10.5 Å². The van der Waals surface area contributed by atoms with Crippen molar-refractivity contribution in [1.82, 2.24) is 10.2 Å². The monoisotopic (exact) mass is 415 g/mol. The minimum atomic E-state index is -1.01. The topological polar surface area (TPSA) is 105 Å². The van der Waals surface area contributed by atoms with Gasteiger partial charge in [-0.3, -0.25) is 19.3 Å². The van der Waals surface area contributed by atoms with Gasteiger partial charge in [0.2, 0.25) is 0 Å². The van der Waals surface area contributed by atoms with Gasteiger partial charge in [-0.25, -0.2) is 4.79 Å². The number of anilines is 1. The number of benzene rings is 1. The predicted molar refractivity (Wildman–Crippen MR) is 99.7 cm³/mol. The number of imide groups is 1. The third kappa shape index (κ3) is 4.90. The van der Waals surface area contributed by atoms with Gasteiger partial charge in [0.15, 0.2) is 6.61 Å². The van der Waals surface area contributed by atoms with Gasteiger partial charge in [-0.2, -0.15) is 0 Å². The Hall–Kier alpha value is -2.32. The molecule has 2 rings (SSSR count). The zero-order valence-corrected chi connectivity index (χ0v) is 16.5. The molecule has 0 saturated carbocycles. The van der Waals surface area contributed by atoms with Crippen molar-refractivity contribution in [2.24, 2.45) is 0 Å². The van der Waals surface area contributed by atoms with Gasteiger partial charge in [-0.05, 0) is 32.4 Å². The number of nitrogens with one attached hydrogen (secondary N) is 2. The maximum absolute atomic E-state index is 12.0. The fraction of sp³-hybridized carbons (Fsp3) is 0.412. The predicted octanol–water partition coefficient (Wildman–Crippen LogP) is 2.50. The summed E-state index contributed by atoms with van der Waals surface area (Å²) in [7, 11) is 0. The molecule has 1 aromatic carbocycles. The molecule has 1 saturated heterocycles. The number of urea groups is 1. The van der Waals surface area contributed by atoms with Gasteiger partial charge < -0.3 is 15.4 Å². The van der Waals surface area contributed by atoms with E-state index < -0.39 is 36.0 Å². The molecule has 2 N–H and O–H groups in total. The highest BCUT2D eigenvalue weighted by Crippen LogP contribution is 2.32. The third-order valence-corrected chi connectivity index (χ3v) is 4.70. The van der Waals surface area contributed by atoms with Crippen LogP contribution in [0.5, 0.6) is 0 Å². The van der Waals surface area contributed by atoms with Crippen molar-refractivity contribution in [3.05, 3.63) is 27.7 Å². The van der Waals surface area contributed by atoms with Crippen molar-refractivity contribution >= 4 is 52.7 Å². The molecular weight excluding hydrogens is 397 g/mol. The van der Waals surface area contributed by atoms with E-state index in [4.69, 9.17) is 27.9 Å². The van der Waals surface area contributed by atoms with Gasteiger partial charge >= 0.3 is 12.0 Å². The largest absolute Gasteiger partial charge is 0.456 e. The highest BCUT2D eigenvalue weighted by Gasteiger charge is 2.44. The van der Waals surface area contributed by atoms with Crippen LogP contribution in [0, 0.1) is 6.92 Å². The van der Waals surface area contributed by atoms with Crippen LogP contribution in [0.25, 0.3) is 0 Å². The SMILES string of the molecule is Cc1ccc(Cl)c(NC(=O)COC(=O)CCN2C(=O)NC(C)(C)C2=O)c1Cl. The molecule has 0 bridgehead atoms. The van der Waals surface area contributed by atoms with E-state index in [-0.39, 0.29) is 23.7 Å². The first-order valence-electron chi connectivity index (χ1n) is 8.07. The maximum Gasteiger partial charge on any atom is 0.325 e. The lowest BCUT2D eigenvalue weighted by Gasteiger charge is -2.15. The Morgan fingerprint density at radius 3 is 2.52 bits per heavy atom. The summed E-state index contributed by atoms with van der Waals surface area (Å²) in [6.07, 6.45) is -0.228. The smallest absolute Gasteiger partial charge is 0.325 e. The molecular formula is C17H19Cl2N3O5. The average molecular weight is 416 g/mol. The second kappa shape index (κ2) is 8.14. The van der Waals surface area contributed by atoms with Gasteiger partial charge in [0.05, 0.1) is 22.2 Å². The second-order valence-corrected chi connectivity index (χ2v) is 7.31. The number of hydrogen-bond donors (Lipinski definition) is 2. The lowest BCUT2D eigenvalue weighted by atomic mass is 10.1. The third-order valence-electron chi connectivity index (χ3n) is 3.90. The van der Waals surface area contributed by atoms with Crippen LogP contribution in [0.15, 0.2) is 12.1 Å². The highest BCUT2D eigenvalue weighted by atomic mass is 35.5. The van der Waals surface area contributed by atoms with Gasteiger partial charge in [-0.15, -0.1) is 0 Å². The summed E-state index contributed by atoms with van der Waals surface area (Å²) in [5.41, 5.74) is -0.0430. The Kier molecular flexibility index (Phi) is 6.33. The highest BCUT2D eigenvalue weighted by molar-refractivity contribution is 6.40. The Labute approximate surface area is 166 Å². The lowest BCUT2D eigenvalue weighted by Crippen LogP contribution is -2.40. The van der Waals surface area contributed by atoms with E-state index in [1.807, 2.05) is 0 Å². The zero-order chi connectivity index (χ0) is 20.4. The van der Waals surface area contributed by atoms with Crippen molar-refractivity contribution < 1.29 is 23.9 Å². The molecule has 0 aromatic heterocycles. The molecule has 27 heavy (non-hydrogen) atoms. The minimum Gasteiger partial charge on any atom is -0.456 e. The van der Waals surface area contributed by atoms with Gasteiger partial charge in [-0.1, -0.05) is 29.3 Å². The van der Waals surface area contributed by atoms with E-state index in [9.17, 15) is 19.2 Å². The number of carbonyl (C=O) groups is 4. The van der Waals surface area contributed by atoms with Crippen LogP contribution < -0.4 is 10.6 Å². The molecule has 0 radical (unpaired) electrons. The number of rotatable bonds is 6. The van der Waals surface area contributed by atoms with Gasteiger partial charge in [0.25, 0.3) is 11.8 Å². The van der Waals surface area contributed by atoms with E-state index in [1.54, 1.807) is 32.9 Å². The van der Waals surface area contributed by atoms with Crippen molar-refractivity contribution in [1.29, 1.82) is 0 Å². The summed E-state index contributed by atoms with van der Waals surface area (Å²) < 4.78 is 4.86. The number of esters is 1. The van der Waals surface area contributed by atoms with Gasteiger partial charge in [0.1, 0.15) is 5.54 Å². The van der Waals surface area contributed by atoms with Crippen LogP contribution in [0.3, 0.4) is 0 Å². The standard InChI is InChI=1S/C17H19Cl2N3O5/c1-9-4-5-10(18)14(13(9)19)20-11(23)8-27-12(24)6-7-22-15(25)17(2,3)21-16(22)26/h4-5H,6-8H2,1-3H3,(H,20,23)(H,21,26). The molecule has 0 atom stereocenters. The summed E-state index contributed by atoms with van der Waals surface area (Å²) in [5, 5.41) is 5.54. The number of nitrogens with zero attached hydrogens (tertiary/aromatic N) is 1. The molecule has 8 nitrogen and oxygen atoms in total. The molecule has 4 amide bonds. The van der Waals surface area contributed by atoms with Crippen LogP contribution in [0.2, 0.25) is 10.0 Å². The van der Waals surface area contributed by atoms with Crippen LogP contribution in [0.1, 0.15) is 25.8 Å². The van der Waals surface area contributed by atoms with E-state index >= 15 is 0 Å². The van der Waals surface area contributed by atoms with E-state index in [0.717, 1.165) is 10.5 Å². The lowest BCUT2D eigenvalue weighted by molar-refractivity contribution is -0.147. The summed E-state index contributed by atoms with van der Waals surface area (Å²) in [5.74, 6) is -1.77. The van der Waals surface area contributed by atoms with Crippen molar-refractivity contribution in [3.63, 3.8) is 0 Å². The van der Waals surface area contributed by atoms with Crippen LogP contribution in [-0.4, -0.2) is 47.4 Å². The normalized spacial score (nSPS) is 15.5. The van der Waals surface area contributed by atoms with Crippen molar-refractivity contribution in [2.45, 2.75) is 32.7 Å². The minimum absolute atomic E-state index is 0.135. The first kappa shape index (κ1) is 21.0. The molecule has 0 spiro atoms. The fourth-order valence-electron chi connectivity index (χ4n) is 2.39. The fourth-order valence-corrected chi connectivity index (χ4v) is 2.85. The number of halogens is 2. The first-order valence-corrected chi connectivity index (χ1v) is 8.82. The molecule has 0 aliphatic carbocycles. The maximum atomic E-state index is 12.0. The summed E-state index contributed by atoms with van der Waals surface area (Å²) >= 11 is 12.1. The Morgan fingerprint density at radius 2 is 1.93 bits per heavy atom. The Morgan fingerprint density at radius 1 is 1.26 bits per heavy atom. The molecule has 1 aliphatic rings. The first-order chi connectivity index (χ1) is 12.5. The van der Waals surface area contributed by atoms with E-state index in [1.165, 1.54) is 0 Å². The molecule has 146 valence electrons. The molecule has 1 aliphatic heterocycles. The summed E-state index contributed by atoms with van der Waals surface area (Å²) in [6.45, 7) is 4.20. The molecule has 10 heteroatoms. The van der Waals surface area contributed by atoms with Gasteiger partial charge in [0, 0.05) is 6.54 Å². The second-order valence-electron chi connectivity index (χ2n) is 6.52. The number of aryl methyl sites for hydroxylation is 1. The molecule has 1 heterocycles. The molecule has 0 unspecified atom stereocenters. The van der Waals surface area contributed by atoms with Crippen LogP contribution >= 0.6 is 23.2 Å². The van der Waals surface area contributed by atoms with Crippen LogP contribution in [-0.2, 0) is 19.1 Å². The Balaban J connectivity index is 1.82. The van der Waals surface area contributed by atoms with Crippen molar-refractivity contribution in [2.75, 3.05) is 18.5 Å². The zero-order valence-electron chi connectivity index (χ0n) is 15.0. The van der Waals surface area contributed by atoms with E-state index in [2.05, 4.69) is 10.6 Å².